The number of ether oxygens (including phenoxy) is 1. The Morgan fingerprint density at radius 1 is 1.04 bits per heavy atom. The summed E-state index contributed by atoms with van der Waals surface area (Å²) < 4.78 is 5.13. The quantitative estimate of drug-likeness (QED) is 0.584. The van der Waals surface area contributed by atoms with Gasteiger partial charge in [0.25, 0.3) is 0 Å². The van der Waals surface area contributed by atoms with Gasteiger partial charge in [0.05, 0.1) is 19.3 Å². The van der Waals surface area contributed by atoms with E-state index in [-0.39, 0.29) is 5.91 Å². The van der Waals surface area contributed by atoms with Crippen LogP contribution in [0.5, 0.6) is 5.88 Å². The molecular weight excluding hydrogens is 372 g/mol. The lowest BCUT2D eigenvalue weighted by Gasteiger charge is -2.26. The average molecular weight is 391 g/mol. The first-order chi connectivity index (χ1) is 13.5. The van der Waals surface area contributed by atoms with Crippen LogP contribution in [0.15, 0.2) is 54.7 Å². The number of fused-ring (bicyclic) bond motifs is 2. The van der Waals surface area contributed by atoms with Crippen molar-refractivity contribution in [3.63, 3.8) is 0 Å². The number of aromatic nitrogens is 1. The van der Waals surface area contributed by atoms with E-state index in [1.165, 1.54) is 0 Å². The molecule has 0 fully saturated rings. The molecule has 2 aromatic carbocycles. The van der Waals surface area contributed by atoms with Gasteiger partial charge in [-0.05, 0) is 52.6 Å². The highest BCUT2D eigenvalue weighted by Crippen LogP contribution is 2.32. The van der Waals surface area contributed by atoms with E-state index in [0.717, 1.165) is 33.5 Å². The van der Waals surface area contributed by atoms with Gasteiger partial charge in [0, 0.05) is 29.8 Å². The Balaban J connectivity index is 1.79. The van der Waals surface area contributed by atoms with E-state index in [9.17, 15) is 4.79 Å². The average Bonchev–Trinajstić information content (AvgIpc) is 2.69. The number of carbonyl (C=O) groups is 1. The normalized spacial score (nSPS) is 12.6. The molecule has 1 aliphatic heterocycles. The first kappa shape index (κ1) is 18.3. The smallest absolute Gasteiger partial charge is 0.224 e. The molecule has 28 heavy (non-hydrogen) atoms. The maximum atomic E-state index is 12.3. The summed E-state index contributed by atoms with van der Waals surface area (Å²) in [7, 11) is 1.60. The third-order valence-corrected chi connectivity index (χ3v) is 5.09. The van der Waals surface area contributed by atoms with Crippen LogP contribution in [0.4, 0.5) is 5.69 Å². The SMILES string of the molecule is COc1ccc(-c2ccc3c(c2)C=Cc2cc(Cl)ccc2N(C(C)=O)C3)cn1. The van der Waals surface area contributed by atoms with Crippen LogP contribution < -0.4 is 9.64 Å². The Hall–Kier alpha value is -3.11. The zero-order valence-corrected chi connectivity index (χ0v) is 16.4. The Morgan fingerprint density at radius 3 is 2.54 bits per heavy atom. The Kier molecular flexibility index (Phi) is 4.88. The van der Waals surface area contributed by atoms with Gasteiger partial charge in [-0.1, -0.05) is 35.9 Å². The Bertz CT molecular complexity index is 1070. The number of carbonyl (C=O) groups excluding carboxylic acids is 1. The molecule has 0 unspecified atom stereocenters. The third-order valence-electron chi connectivity index (χ3n) is 4.86. The lowest BCUT2D eigenvalue weighted by molar-refractivity contribution is -0.116. The maximum Gasteiger partial charge on any atom is 0.224 e. The van der Waals surface area contributed by atoms with Crippen LogP contribution in [-0.2, 0) is 11.3 Å². The summed E-state index contributed by atoms with van der Waals surface area (Å²) in [4.78, 5) is 18.4. The minimum absolute atomic E-state index is 0.00625. The monoisotopic (exact) mass is 390 g/mol. The fraction of sp³-hybridized carbons (Fsp3) is 0.130. The van der Waals surface area contributed by atoms with Gasteiger partial charge in [0.15, 0.2) is 0 Å². The van der Waals surface area contributed by atoms with E-state index in [4.69, 9.17) is 16.3 Å². The molecule has 0 radical (unpaired) electrons. The molecule has 0 aliphatic carbocycles. The highest BCUT2D eigenvalue weighted by molar-refractivity contribution is 6.30. The van der Waals surface area contributed by atoms with Crippen molar-refractivity contribution in [3.8, 4) is 17.0 Å². The lowest BCUT2D eigenvalue weighted by Crippen LogP contribution is -2.29. The summed E-state index contributed by atoms with van der Waals surface area (Å²) in [5.74, 6) is 0.578. The molecular formula is C23H19ClN2O2. The second kappa shape index (κ2) is 7.49. The fourth-order valence-corrected chi connectivity index (χ4v) is 3.55. The molecule has 4 nitrogen and oxygen atoms in total. The molecule has 3 aromatic rings. The molecule has 0 atom stereocenters. The van der Waals surface area contributed by atoms with Crippen molar-refractivity contribution >= 4 is 35.3 Å². The van der Waals surface area contributed by atoms with E-state index >= 15 is 0 Å². The lowest BCUT2D eigenvalue weighted by atomic mass is 9.96. The van der Waals surface area contributed by atoms with Gasteiger partial charge < -0.3 is 9.64 Å². The number of methoxy groups -OCH3 is 1. The highest BCUT2D eigenvalue weighted by atomic mass is 35.5. The van der Waals surface area contributed by atoms with E-state index in [2.05, 4.69) is 29.3 Å². The van der Waals surface area contributed by atoms with Crippen LogP contribution in [0.3, 0.4) is 0 Å². The fourth-order valence-electron chi connectivity index (χ4n) is 3.37. The largest absolute Gasteiger partial charge is 0.481 e. The van der Waals surface area contributed by atoms with Gasteiger partial charge in [-0.15, -0.1) is 0 Å². The number of anilines is 1. The molecule has 0 N–H and O–H groups in total. The van der Waals surface area contributed by atoms with Gasteiger partial charge in [-0.25, -0.2) is 4.98 Å². The summed E-state index contributed by atoms with van der Waals surface area (Å²) in [6, 6.07) is 15.6. The number of hydrogen-bond donors (Lipinski definition) is 0. The molecule has 0 spiro atoms. The Labute approximate surface area is 169 Å². The summed E-state index contributed by atoms with van der Waals surface area (Å²) in [6.45, 7) is 2.09. The van der Waals surface area contributed by atoms with Crippen molar-refractivity contribution in [2.45, 2.75) is 13.5 Å². The minimum atomic E-state index is -0.00625. The molecule has 1 aliphatic rings. The van der Waals surface area contributed by atoms with Crippen molar-refractivity contribution in [2.24, 2.45) is 0 Å². The summed E-state index contributed by atoms with van der Waals surface area (Å²) in [6.07, 6.45) is 5.87. The van der Waals surface area contributed by atoms with Crippen LogP contribution in [0.1, 0.15) is 23.6 Å². The number of benzene rings is 2. The van der Waals surface area contributed by atoms with Crippen LogP contribution in [0.2, 0.25) is 5.02 Å². The number of amides is 1. The first-order valence-electron chi connectivity index (χ1n) is 8.94. The van der Waals surface area contributed by atoms with Crippen molar-refractivity contribution in [2.75, 3.05) is 12.0 Å². The maximum absolute atomic E-state index is 12.3. The van der Waals surface area contributed by atoms with Gasteiger partial charge in [0.2, 0.25) is 11.8 Å². The van der Waals surface area contributed by atoms with Crippen LogP contribution in [0, 0.1) is 0 Å². The van der Waals surface area contributed by atoms with Gasteiger partial charge >= 0.3 is 0 Å². The van der Waals surface area contributed by atoms with Gasteiger partial charge in [0.1, 0.15) is 0 Å². The van der Waals surface area contributed by atoms with E-state index in [1.54, 1.807) is 25.1 Å². The van der Waals surface area contributed by atoms with Crippen molar-refractivity contribution in [1.82, 2.24) is 4.98 Å². The summed E-state index contributed by atoms with van der Waals surface area (Å²) >= 11 is 6.17. The standard InChI is InChI=1S/C23H19ClN2O2/c1-15(27)26-14-20-6-4-16(19-7-10-23(28-2)25-13-19)11-17(20)3-5-18-12-21(24)8-9-22(18)26/h3-13H,14H2,1-2H3. The van der Waals surface area contributed by atoms with E-state index < -0.39 is 0 Å². The predicted molar refractivity (Wildman–Crippen MR) is 113 cm³/mol. The van der Waals surface area contributed by atoms with E-state index in [0.29, 0.717) is 17.4 Å². The van der Waals surface area contributed by atoms with Gasteiger partial charge in [-0.2, -0.15) is 0 Å². The number of nitrogens with zero attached hydrogens (tertiary/aromatic N) is 2. The number of pyridine rings is 1. The molecule has 4 rings (SSSR count). The summed E-state index contributed by atoms with van der Waals surface area (Å²) in [5, 5.41) is 0.644. The van der Waals surface area contributed by atoms with Crippen LogP contribution >= 0.6 is 11.6 Å². The molecule has 2 heterocycles. The number of rotatable bonds is 2. The van der Waals surface area contributed by atoms with Crippen LogP contribution in [0.25, 0.3) is 23.3 Å². The van der Waals surface area contributed by atoms with Crippen molar-refractivity contribution < 1.29 is 9.53 Å². The van der Waals surface area contributed by atoms with E-state index in [1.807, 2.05) is 36.4 Å². The second-order valence-corrected chi connectivity index (χ2v) is 7.08. The third kappa shape index (κ3) is 3.51. The van der Waals surface area contributed by atoms with Gasteiger partial charge in [-0.3, -0.25) is 4.79 Å². The molecule has 0 bridgehead atoms. The first-order valence-corrected chi connectivity index (χ1v) is 9.32. The molecule has 1 amide bonds. The molecule has 5 heteroatoms. The predicted octanol–water partition coefficient (Wildman–Crippen LogP) is 5.45. The minimum Gasteiger partial charge on any atom is -0.481 e. The van der Waals surface area contributed by atoms with Crippen molar-refractivity contribution in [1.29, 1.82) is 0 Å². The number of hydrogen-bond acceptors (Lipinski definition) is 3. The zero-order chi connectivity index (χ0) is 19.7. The topological polar surface area (TPSA) is 42.4 Å². The zero-order valence-electron chi connectivity index (χ0n) is 15.6. The molecule has 0 saturated heterocycles. The highest BCUT2D eigenvalue weighted by Gasteiger charge is 2.19. The second-order valence-electron chi connectivity index (χ2n) is 6.64. The molecule has 0 saturated carbocycles. The van der Waals surface area contributed by atoms with Crippen LogP contribution in [-0.4, -0.2) is 18.0 Å². The molecule has 1 aromatic heterocycles. The van der Waals surface area contributed by atoms with Crippen molar-refractivity contribution in [3.05, 3.63) is 76.4 Å². The summed E-state index contributed by atoms with van der Waals surface area (Å²) in [5.41, 5.74) is 5.99. The number of halogens is 1. The molecule has 140 valence electrons. The Morgan fingerprint density at radius 2 is 1.82 bits per heavy atom.